The van der Waals surface area contributed by atoms with Gasteiger partial charge in [-0.05, 0) is 24.3 Å². The molecular weight excluding hydrogens is 274 g/mol. The number of hydrogen-bond donors (Lipinski definition) is 0. The molecule has 21 heavy (non-hydrogen) atoms. The SMILES string of the molecule is O=C(CCOCC(F)F)c1ccc(C2CCCCC2)cc1. The number of ether oxygens (including phenoxy) is 1. The first-order chi connectivity index (χ1) is 10.2. The Morgan fingerprint density at radius 1 is 1.14 bits per heavy atom. The summed E-state index contributed by atoms with van der Waals surface area (Å²) in [6.07, 6.45) is 4.03. The van der Waals surface area contributed by atoms with Crippen LogP contribution < -0.4 is 0 Å². The monoisotopic (exact) mass is 296 g/mol. The molecule has 0 bridgehead atoms. The van der Waals surface area contributed by atoms with Crippen LogP contribution in [0.25, 0.3) is 0 Å². The van der Waals surface area contributed by atoms with Gasteiger partial charge >= 0.3 is 0 Å². The van der Waals surface area contributed by atoms with Crippen LogP contribution in [-0.4, -0.2) is 25.4 Å². The summed E-state index contributed by atoms with van der Waals surface area (Å²) in [6, 6.07) is 7.76. The fourth-order valence-corrected chi connectivity index (χ4v) is 2.86. The van der Waals surface area contributed by atoms with Gasteiger partial charge in [0.15, 0.2) is 5.78 Å². The molecule has 0 spiro atoms. The van der Waals surface area contributed by atoms with Gasteiger partial charge in [0.2, 0.25) is 0 Å². The molecule has 1 aliphatic carbocycles. The Labute approximate surface area is 124 Å². The molecule has 0 N–H and O–H groups in total. The molecule has 0 atom stereocenters. The summed E-state index contributed by atoms with van der Waals surface area (Å²) in [5, 5.41) is 0. The van der Waals surface area contributed by atoms with E-state index in [2.05, 4.69) is 0 Å². The van der Waals surface area contributed by atoms with Gasteiger partial charge < -0.3 is 4.74 Å². The number of rotatable bonds is 7. The number of halogens is 2. The van der Waals surface area contributed by atoms with E-state index >= 15 is 0 Å². The number of alkyl halides is 2. The highest BCUT2D eigenvalue weighted by molar-refractivity contribution is 5.96. The molecule has 1 aliphatic rings. The number of ketones is 1. The first-order valence-electron chi connectivity index (χ1n) is 7.66. The van der Waals surface area contributed by atoms with Gasteiger partial charge in [0, 0.05) is 12.0 Å². The molecule has 116 valence electrons. The molecule has 0 heterocycles. The smallest absolute Gasteiger partial charge is 0.261 e. The van der Waals surface area contributed by atoms with Gasteiger partial charge in [-0.25, -0.2) is 8.78 Å². The van der Waals surface area contributed by atoms with E-state index in [4.69, 9.17) is 4.74 Å². The molecule has 0 aliphatic heterocycles. The average Bonchev–Trinajstić information content (AvgIpc) is 2.52. The summed E-state index contributed by atoms with van der Waals surface area (Å²) in [7, 11) is 0. The van der Waals surface area contributed by atoms with Crippen molar-refractivity contribution < 1.29 is 18.3 Å². The quantitative estimate of drug-likeness (QED) is 0.543. The van der Waals surface area contributed by atoms with E-state index in [1.54, 1.807) is 0 Å². The van der Waals surface area contributed by atoms with Crippen LogP contribution in [0.1, 0.15) is 60.4 Å². The van der Waals surface area contributed by atoms with E-state index in [0.717, 1.165) is 0 Å². The number of hydrogen-bond acceptors (Lipinski definition) is 2. The molecule has 1 saturated carbocycles. The lowest BCUT2D eigenvalue weighted by atomic mass is 9.84. The lowest BCUT2D eigenvalue weighted by Gasteiger charge is -2.22. The average molecular weight is 296 g/mol. The molecule has 0 radical (unpaired) electrons. The van der Waals surface area contributed by atoms with Gasteiger partial charge in [-0.3, -0.25) is 4.79 Å². The lowest BCUT2D eigenvalue weighted by Crippen LogP contribution is -2.10. The maximum absolute atomic E-state index is 11.9. The third-order valence-electron chi connectivity index (χ3n) is 4.03. The van der Waals surface area contributed by atoms with Gasteiger partial charge in [0.1, 0.15) is 6.61 Å². The zero-order valence-electron chi connectivity index (χ0n) is 12.2. The molecular formula is C17H22F2O2. The van der Waals surface area contributed by atoms with E-state index in [-0.39, 0.29) is 18.8 Å². The molecule has 2 rings (SSSR count). The van der Waals surface area contributed by atoms with E-state index in [1.807, 2.05) is 24.3 Å². The van der Waals surface area contributed by atoms with Gasteiger partial charge in [-0.1, -0.05) is 43.5 Å². The second-order valence-corrected chi connectivity index (χ2v) is 5.60. The first-order valence-corrected chi connectivity index (χ1v) is 7.66. The normalized spacial score (nSPS) is 16.3. The highest BCUT2D eigenvalue weighted by Gasteiger charge is 2.15. The highest BCUT2D eigenvalue weighted by atomic mass is 19.3. The Morgan fingerprint density at radius 3 is 2.43 bits per heavy atom. The van der Waals surface area contributed by atoms with Gasteiger partial charge in [-0.15, -0.1) is 0 Å². The molecule has 0 amide bonds. The Balaban J connectivity index is 1.82. The second-order valence-electron chi connectivity index (χ2n) is 5.60. The zero-order valence-corrected chi connectivity index (χ0v) is 12.2. The van der Waals surface area contributed by atoms with Crippen LogP contribution in [0.5, 0.6) is 0 Å². The Bertz CT molecular complexity index is 437. The van der Waals surface area contributed by atoms with Crippen molar-refractivity contribution >= 4 is 5.78 Å². The topological polar surface area (TPSA) is 26.3 Å². The summed E-state index contributed by atoms with van der Waals surface area (Å²) < 4.78 is 28.5. The van der Waals surface area contributed by atoms with Crippen molar-refractivity contribution in [2.75, 3.05) is 13.2 Å². The number of carbonyl (C=O) groups is 1. The minimum Gasteiger partial charge on any atom is -0.375 e. The van der Waals surface area contributed by atoms with Crippen LogP contribution in [0, 0.1) is 0 Å². The summed E-state index contributed by atoms with van der Waals surface area (Å²) >= 11 is 0. The van der Waals surface area contributed by atoms with Gasteiger partial charge in [0.05, 0.1) is 6.61 Å². The van der Waals surface area contributed by atoms with Crippen molar-refractivity contribution in [2.24, 2.45) is 0 Å². The van der Waals surface area contributed by atoms with Crippen LogP contribution in [0.3, 0.4) is 0 Å². The van der Waals surface area contributed by atoms with Crippen molar-refractivity contribution in [3.63, 3.8) is 0 Å². The van der Waals surface area contributed by atoms with Crippen molar-refractivity contribution in [3.05, 3.63) is 35.4 Å². The zero-order chi connectivity index (χ0) is 15.1. The van der Waals surface area contributed by atoms with E-state index in [9.17, 15) is 13.6 Å². The van der Waals surface area contributed by atoms with Crippen molar-refractivity contribution in [1.82, 2.24) is 0 Å². The molecule has 4 heteroatoms. The third-order valence-corrected chi connectivity index (χ3v) is 4.03. The van der Waals surface area contributed by atoms with Crippen LogP contribution in [0.2, 0.25) is 0 Å². The molecule has 1 aromatic rings. The minimum absolute atomic E-state index is 0.0492. The summed E-state index contributed by atoms with van der Waals surface area (Å²) in [5.41, 5.74) is 1.94. The maximum atomic E-state index is 11.9. The molecule has 2 nitrogen and oxygen atoms in total. The van der Waals surface area contributed by atoms with Crippen LogP contribution in [0.15, 0.2) is 24.3 Å². The predicted octanol–water partition coefficient (Wildman–Crippen LogP) is 4.59. The largest absolute Gasteiger partial charge is 0.375 e. The van der Waals surface area contributed by atoms with E-state index < -0.39 is 13.0 Å². The van der Waals surface area contributed by atoms with Crippen LogP contribution >= 0.6 is 0 Å². The van der Waals surface area contributed by atoms with Crippen LogP contribution in [-0.2, 0) is 4.74 Å². The standard InChI is InChI=1S/C17H22F2O2/c18-17(19)12-21-11-10-16(20)15-8-6-14(7-9-15)13-4-2-1-3-5-13/h6-9,13,17H,1-5,10-12H2. The van der Waals surface area contributed by atoms with Gasteiger partial charge in [0.25, 0.3) is 6.43 Å². The van der Waals surface area contributed by atoms with E-state index in [0.29, 0.717) is 11.5 Å². The van der Waals surface area contributed by atoms with Crippen molar-refractivity contribution in [1.29, 1.82) is 0 Å². The molecule has 0 aromatic heterocycles. The molecule has 1 aromatic carbocycles. The van der Waals surface area contributed by atoms with Crippen LogP contribution in [0.4, 0.5) is 8.78 Å². The van der Waals surface area contributed by atoms with Gasteiger partial charge in [-0.2, -0.15) is 0 Å². The maximum Gasteiger partial charge on any atom is 0.261 e. The van der Waals surface area contributed by atoms with E-state index in [1.165, 1.54) is 37.7 Å². The molecule has 0 unspecified atom stereocenters. The lowest BCUT2D eigenvalue weighted by molar-refractivity contribution is 0.0170. The summed E-state index contributed by atoms with van der Waals surface area (Å²) in [6.45, 7) is -0.554. The summed E-state index contributed by atoms with van der Waals surface area (Å²) in [5.74, 6) is 0.566. The van der Waals surface area contributed by atoms with Crippen molar-refractivity contribution in [2.45, 2.75) is 50.9 Å². The Morgan fingerprint density at radius 2 is 1.81 bits per heavy atom. The fraction of sp³-hybridized carbons (Fsp3) is 0.588. The number of Topliss-reactive ketones (excluding diaryl/α,β-unsaturated/α-hetero) is 1. The molecule has 0 saturated heterocycles. The number of carbonyl (C=O) groups excluding carboxylic acids is 1. The predicted molar refractivity (Wildman–Crippen MR) is 78.0 cm³/mol. The highest BCUT2D eigenvalue weighted by Crippen LogP contribution is 2.32. The minimum atomic E-state index is -2.48. The third kappa shape index (κ3) is 5.20. The fourth-order valence-electron chi connectivity index (χ4n) is 2.86. The molecule has 1 fully saturated rings. The first kappa shape index (κ1) is 16.1. The summed E-state index contributed by atoms with van der Waals surface area (Å²) in [4.78, 5) is 11.9. The second kappa shape index (κ2) is 8.23. The number of benzene rings is 1. The Hall–Kier alpha value is -1.29. The Kier molecular flexibility index (Phi) is 6.30. The van der Waals surface area contributed by atoms with Crippen molar-refractivity contribution in [3.8, 4) is 0 Å².